The van der Waals surface area contributed by atoms with Gasteiger partial charge in [-0.05, 0) is 92.7 Å². The summed E-state index contributed by atoms with van der Waals surface area (Å²) in [7, 11) is 0. The molecule has 0 aliphatic rings. The van der Waals surface area contributed by atoms with Crippen molar-refractivity contribution in [2.75, 3.05) is 0 Å². The van der Waals surface area contributed by atoms with Crippen molar-refractivity contribution in [3.8, 4) is 43.1 Å². The van der Waals surface area contributed by atoms with Crippen molar-refractivity contribution in [3.63, 3.8) is 0 Å². The van der Waals surface area contributed by atoms with E-state index in [1.807, 2.05) is 71.7 Å². The Labute approximate surface area is 217 Å². The molecule has 0 fully saturated rings. The molecular formula is C32H20N2S2. The average Bonchev–Trinajstić information content (AvgIpc) is 3.56. The van der Waals surface area contributed by atoms with Gasteiger partial charge in [0.1, 0.15) is 0 Å². The fraction of sp³-hybridized carbons (Fsp3) is 0. The number of hydrogen-bond donors (Lipinski definition) is 0. The van der Waals surface area contributed by atoms with Crippen LogP contribution in [0.1, 0.15) is 0 Å². The molecule has 0 atom stereocenters. The number of nitrogens with zero attached hydrogens (tertiary/aromatic N) is 2. The number of benzene rings is 3. The molecule has 7 aromatic rings. The van der Waals surface area contributed by atoms with Gasteiger partial charge in [0.15, 0.2) is 0 Å². The van der Waals surface area contributed by atoms with Gasteiger partial charge in [0, 0.05) is 43.9 Å². The first-order valence-corrected chi connectivity index (χ1v) is 13.4. The number of aromatic nitrogens is 2. The summed E-state index contributed by atoms with van der Waals surface area (Å²) in [5, 5.41) is 2.62. The highest BCUT2D eigenvalue weighted by Crippen LogP contribution is 2.41. The second-order valence-corrected chi connectivity index (χ2v) is 10.9. The predicted octanol–water partition coefficient (Wildman–Crippen LogP) is 9.57. The molecule has 3 aromatic carbocycles. The van der Waals surface area contributed by atoms with E-state index >= 15 is 0 Å². The van der Waals surface area contributed by atoms with E-state index in [-0.39, 0.29) is 0 Å². The van der Waals surface area contributed by atoms with E-state index in [9.17, 15) is 0 Å². The lowest BCUT2D eigenvalue weighted by molar-refractivity contribution is 1.33. The first-order valence-electron chi connectivity index (χ1n) is 11.8. The lowest BCUT2D eigenvalue weighted by Gasteiger charge is -2.02. The summed E-state index contributed by atoms with van der Waals surface area (Å²) in [5.41, 5.74) is 7.32. The van der Waals surface area contributed by atoms with Gasteiger partial charge in [-0.2, -0.15) is 0 Å². The number of rotatable bonds is 4. The topological polar surface area (TPSA) is 25.8 Å². The highest BCUT2D eigenvalue weighted by atomic mass is 32.1. The van der Waals surface area contributed by atoms with Gasteiger partial charge in [-0.3, -0.25) is 9.97 Å². The van der Waals surface area contributed by atoms with Crippen molar-refractivity contribution in [1.82, 2.24) is 9.97 Å². The van der Waals surface area contributed by atoms with E-state index in [4.69, 9.17) is 0 Å². The summed E-state index contributed by atoms with van der Waals surface area (Å²) in [6, 6.07) is 35.2. The fourth-order valence-electron chi connectivity index (χ4n) is 4.60. The smallest absolute Gasteiger partial charge is 0.0356 e. The van der Waals surface area contributed by atoms with Crippen LogP contribution in [0.4, 0.5) is 0 Å². The molecule has 4 aromatic heterocycles. The van der Waals surface area contributed by atoms with Crippen LogP contribution in [0.25, 0.3) is 63.3 Å². The third kappa shape index (κ3) is 3.91. The molecular weight excluding hydrogens is 477 g/mol. The van der Waals surface area contributed by atoms with Gasteiger partial charge in [-0.1, -0.05) is 48.5 Å². The first-order chi connectivity index (χ1) is 17.8. The van der Waals surface area contributed by atoms with Gasteiger partial charge in [-0.25, -0.2) is 0 Å². The number of hydrogen-bond acceptors (Lipinski definition) is 4. The molecule has 36 heavy (non-hydrogen) atoms. The Kier molecular flexibility index (Phi) is 5.20. The normalized spacial score (nSPS) is 11.3. The second kappa shape index (κ2) is 8.83. The van der Waals surface area contributed by atoms with Crippen molar-refractivity contribution >= 4 is 42.8 Å². The van der Waals surface area contributed by atoms with Crippen molar-refractivity contribution < 1.29 is 0 Å². The summed E-state index contributed by atoms with van der Waals surface area (Å²) in [5.74, 6) is 0. The van der Waals surface area contributed by atoms with Gasteiger partial charge in [0.2, 0.25) is 0 Å². The summed E-state index contributed by atoms with van der Waals surface area (Å²) in [6.45, 7) is 0. The fourth-order valence-corrected chi connectivity index (χ4v) is 6.80. The van der Waals surface area contributed by atoms with Gasteiger partial charge in [-0.15, -0.1) is 22.7 Å². The minimum atomic E-state index is 1.19. The summed E-state index contributed by atoms with van der Waals surface area (Å²) in [6.07, 6.45) is 7.35. The summed E-state index contributed by atoms with van der Waals surface area (Å²) in [4.78, 5) is 10.8. The molecule has 4 heterocycles. The zero-order chi connectivity index (χ0) is 23.9. The van der Waals surface area contributed by atoms with Crippen LogP contribution in [-0.4, -0.2) is 9.97 Å². The van der Waals surface area contributed by atoms with Crippen LogP contribution in [0.5, 0.6) is 0 Å². The van der Waals surface area contributed by atoms with E-state index < -0.39 is 0 Å². The van der Waals surface area contributed by atoms with Gasteiger partial charge in [0.05, 0.1) is 0 Å². The molecule has 0 saturated carbocycles. The molecule has 0 aliphatic heterocycles. The van der Waals surface area contributed by atoms with Gasteiger partial charge < -0.3 is 0 Å². The van der Waals surface area contributed by atoms with Crippen molar-refractivity contribution in [3.05, 3.63) is 122 Å². The van der Waals surface area contributed by atoms with E-state index in [1.165, 1.54) is 63.3 Å². The van der Waals surface area contributed by atoms with E-state index in [0.717, 1.165) is 0 Å². The Balaban J connectivity index is 1.19. The maximum atomic E-state index is 4.12. The molecule has 0 N–H and O–H groups in total. The minimum Gasteiger partial charge on any atom is -0.265 e. The highest BCUT2D eigenvalue weighted by molar-refractivity contribution is 7.23. The molecule has 170 valence electrons. The maximum absolute atomic E-state index is 4.12. The van der Waals surface area contributed by atoms with Crippen LogP contribution in [0, 0.1) is 0 Å². The first kappa shape index (κ1) is 21.2. The molecule has 0 saturated heterocycles. The largest absolute Gasteiger partial charge is 0.265 e. The third-order valence-corrected chi connectivity index (χ3v) is 8.82. The van der Waals surface area contributed by atoms with Crippen LogP contribution in [0.2, 0.25) is 0 Å². The van der Waals surface area contributed by atoms with E-state index in [0.29, 0.717) is 0 Å². The van der Waals surface area contributed by atoms with Crippen molar-refractivity contribution in [2.45, 2.75) is 0 Å². The van der Waals surface area contributed by atoms with Crippen molar-refractivity contribution in [2.24, 2.45) is 0 Å². The van der Waals surface area contributed by atoms with Crippen LogP contribution in [-0.2, 0) is 0 Å². The molecule has 7 rings (SSSR count). The molecule has 0 amide bonds. The van der Waals surface area contributed by atoms with Crippen LogP contribution < -0.4 is 0 Å². The SMILES string of the molecule is c1cc(-c2ccc(-c3cc4cc5sc(-c6ccc(-c7ccncc7)cc6)cc5cc4s3)cc2)ccn1. The van der Waals surface area contributed by atoms with E-state index in [1.54, 1.807) is 0 Å². The van der Waals surface area contributed by atoms with Gasteiger partial charge in [0.25, 0.3) is 0 Å². The minimum absolute atomic E-state index is 1.19. The second-order valence-electron chi connectivity index (χ2n) is 8.78. The zero-order valence-corrected chi connectivity index (χ0v) is 20.9. The van der Waals surface area contributed by atoms with E-state index in [2.05, 4.69) is 82.8 Å². The molecule has 0 aliphatic carbocycles. The summed E-state index contributed by atoms with van der Waals surface area (Å²) >= 11 is 3.72. The third-order valence-electron chi connectivity index (χ3n) is 6.52. The Hall–Kier alpha value is -4.12. The Morgan fingerprint density at radius 3 is 1.08 bits per heavy atom. The Morgan fingerprint density at radius 1 is 0.361 bits per heavy atom. The monoisotopic (exact) mass is 496 g/mol. The molecule has 0 unspecified atom stereocenters. The zero-order valence-electron chi connectivity index (χ0n) is 19.3. The quantitative estimate of drug-likeness (QED) is 0.242. The van der Waals surface area contributed by atoms with Crippen LogP contribution in [0.3, 0.4) is 0 Å². The highest BCUT2D eigenvalue weighted by Gasteiger charge is 2.10. The average molecular weight is 497 g/mol. The molecule has 2 nitrogen and oxygen atoms in total. The molecule has 0 bridgehead atoms. The molecule has 0 radical (unpaired) electrons. The van der Waals surface area contributed by atoms with Gasteiger partial charge >= 0.3 is 0 Å². The number of thiophene rings is 2. The Bertz CT molecular complexity index is 1610. The number of pyridine rings is 2. The standard InChI is InChI=1S/C32H20N2S2/c1-5-25(6-2-21(1)23-9-13-33-14-10-23)29-17-27-19-32-28(20-31(27)35-29)18-30(36-32)26-7-3-22(4-8-26)24-11-15-34-16-12-24/h1-20H. The maximum Gasteiger partial charge on any atom is 0.0356 e. The number of fused-ring (bicyclic) bond motifs is 2. The Morgan fingerprint density at radius 2 is 0.694 bits per heavy atom. The van der Waals surface area contributed by atoms with Crippen LogP contribution in [0.15, 0.2) is 122 Å². The molecule has 4 heteroatoms. The van der Waals surface area contributed by atoms with Crippen molar-refractivity contribution in [1.29, 1.82) is 0 Å². The summed E-state index contributed by atoms with van der Waals surface area (Å²) < 4.78 is 2.65. The van der Waals surface area contributed by atoms with Crippen LogP contribution >= 0.6 is 22.7 Å². The predicted molar refractivity (Wildman–Crippen MR) is 155 cm³/mol. The lowest BCUT2D eigenvalue weighted by atomic mass is 10.0. The lowest BCUT2D eigenvalue weighted by Crippen LogP contribution is -1.79. The molecule has 0 spiro atoms.